The van der Waals surface area contributed by atoms with Gasteiger partial charge in [-0.2, -0.15) is 0 Å². The molecule has 1 aliphatic heterocycles. The van der Waals surface area contributed by atoms with Gasteiger partial charge < -0.3 is 15.4 Å². The summed E-state index contributed by atoms with van der Waals surface area (Å²) in [4.78, 5) is 24.4. The van der Waals surface area contributed by atoms with Crippen LogP contribution in [0, 0.1) is 13.8 Å². The standard InChI is InChI=1S/C20H20N2O3/c1-13-6-5-7-14(2)19(13)22-18(23)11-21-20(24)16-10-15-8-3-4-9-17(15)25-12-16/h3-10H,11-12H2,1-2H3,(H,21,24)(H,22,23). The Bertz CT molecular complexity index is 836. The molecule has 1 aliphatic rings. The number of nitrogens with one attached hydrogen (secondary N) is 2. The summed E-state index contributed by atoms with van der Waals surface area (Å²) in [6, 6.07) is 13.3. The van der Waals surface area contributed by atoms with Gasteiger partial charge >= 0.3 is 0 Å². The first-order valence-electron chi connectivity index (χ1n) is 8.11. The Labute approximate surface area is 146 Å². The summed E-state index contributed by atoms with van der Waals surface area (Å²) in [5.74, 6) is 0.196. The Morgan fingerprint density at radius 3 is 2.52 bits per heavy atom. The van der Waals surface area contributed by atoms with E-state index in [1.807, 2.05) is 56.3 Å². The van der Waals surface area contributed by atoms with Crippen LogP contribution in [0.25, 0.3) is 6.08 Å². The molecule has 0 atom stereocenters. The van der Waals surface area contributed by atoms with Crippen LogP contribution in [-0.2, 0) is 9.59 Å². The molecule has 0 bridgehead atoms. The average Bonchev–Trinajstić information content (AvgIpc) is 2.62. The van der Waals surface area contributed by atoms with E-state index < -0.39 is 0 Å². The van der Waals surface area contributed by atoms with Crippen LogP contribution in [0.15, 0.2) is 48.0 Å². The number of hydrogen-bond acceptors (Lipinski definition) is 3. The van der Waals surface area contributed by atoms with Crippen LogP contribution in [0.1, 0.15) is 16.7 Å². The van der Waals surface area contributed by atoms with E-state index >= 15 is 0 Å². The summed E-state index contributed by atoms with van der Waals surface area (Å²) >= 11 is 0. The molecule has 0 aromatic heterocycles. The zero-order valence-electron chi connectivity index (χ0n) is 14.3. The molecule has 2 N–H and O–H groups in total. The van der Waals surface area contributed by atoms with Gasteiger partial charge in [0.25, 0.3) is 5.91 Å². The first kappa shape index (κ1) is 16.8. The highest BCUT2D eigenvalue weighted by atomic mass is 16.5. The van der Waals surface area contributed by atoms with Gasteiger partial charge in [-0.15, -0.1) is 0 Å². The number of carbonyl (C=O) groups excluding carboxylic acids is 2. The van der Waals surface area contributed by atoms with Crippen LogP contribution in [-0.4, -0.2) is 25.0 Å². The molecule has 0 radical (unpaired) electrons. The lowest BCUT2D eigenvalue weighted by Crippen LogP contribution is -2.35. The average molecular weight is 336 g/mol. The van der Waals surface area contributed by atoms with E-state index in [4.69, 9.17) is 4.74 Å². The van der Waals surface area contributed by atoms with Crippen molar-refractivity contribution in [2.75, 3.05) is 18.5 Å². The highest BCUT2D eigenvalue weighted by molar-refractivity contribution is 6.02. The second-order valence-electron chi connectivity index (χ2n) is 5.99. The minimum atomic E-state index is -0.300. The number of aryl methyl sites for hydroxylation is 2. The number of hydrogen-bond donors (Lipinski definition) is 2. The maximum absolute atomic E-state index is 12.3. The summed E-state index contributed by atoms with van der Waals surface area (Å²) in [6.07, 6.45) is 1.79. The normalized spacial score (nSPS) is 12.5. The van der Waals surface area contributed by atoms with Crippen LogP contribution in [0.4, 0.5) is 5.69 Å². The van der Waals surface area contributed by atoms with Crippen molar-refractivity contribution in [3.05, 3.63) is 64.7 Å². The molecule has 2 amide bonds. The van der Waals surface area contributed by atoms with Crippen molar-refractivity contribution in [2.45, 2.75) is 13.8 Å². The molecular weight excluding hydrogens is 316 g/mol. The molecule has 25 heavy (non-hydrogen) atoms. The van der Waals surface area contributed by atoms with E-state index in [-0.39, 0.29) is 25.0 Å². The van der Waals surface area contributed by atoms with E-state index in [1.54, 1.807) is 6.08 Å². The number of rotatable bonds is 4. The van der Waals surface area contributed by atoms with Crippen molar-refractivity contribution >= 4 is 23.6 Å². The Hall–Kier alpha value is -3.08. The number of anilines is 1. The molecule has 5 nitrogen and oxygen atoms in total. The van der Waals surface area contributed by atoms with Gasteiger partial charge in [-0.3, -0.25) is 9.59 Å². The Kier molecular flexibility index (Phi) is 4.84. The maximum Gasteiger partial charge on any atom is 0.251 e. The van der Waals surface area contributed by atoms with Gasteiger partial charge in [0.2, 0.25) is 5.91 Å². The van der Waals surface area contributed by atoms with Gasteiger partial charge in [0.05, 0.1) is 12.1 Å². The fourth-order valence-corrected chi connectivity index (χ4v) is 2.72. The Morgan fingerprint density at radius 2 is 1.76 bits per heavy atom. The fourth-order valence-electron chi connectivity index (χ4n) is 2.72. The quantitative estimate of drug-likeness (QED) is 0.902. The molecule has 2 aromatic rings. The van der Waals surface area contributed by atoms with E-state index in [1.165, 1.54) is 0 Å². The maximum atomic E-state index is 12.3. The third kappa shape index (κ3) is 3.88. The zero-order chi connectivity index (χ0) is 17.8. The van der Waals surface area contributed by atoms with Crippen LogP contribution >= 0.6 is 0 Å². The van der Waals surface area contributed by atoms with Gasteiger partial charge in [0, 0.05) is 11.3 Å². The second kappa shape index (κ2) is 7.21. The summed E-state index contributed by atoms with van der Waals surface area (Å²) in [5.41, 5.74) is 4.12. The van der Waals surface area contributed by atoms with Gasteiger partial charge in [0.15, 0.2) is 0 Å². The molecule has 0 fully saturated rings. The first-order valence-corrected chi connectivity index (χ1v) is 8.11. The van der Waals surface area contributed by atoms with Crippen molar-refractivity contribution < 1.29 is 14.3 Å². The lowest BCUT2D eigenvalue weighted by Gasteiger charge is -2.17. The lowest BCUT2D eigenvalue weighted by molar-refractivity contribution is -0.121. The molecule has 128 valence electrons. The van der Waals surface area contributed by atoms with Crippen LogP contribution < -0.4 is 15.4 Å². The van der Waals surface area contributed by atoms with Crippen molar-refractivity contribution in [3.8, 4) is 5.75 Å². The summed E-state index contributed by atoms with van der Waals surface area (Å²) < 4.78 is 5.56. The molecule has 0 unspecified atom stereocenters. The van der Waals surface area contributed by atoms with Crippen molar-refractivity contribution in [3.63, 3.8) is 0 Å². The van der Waals surface area contributed by atoms with Gasteiger partial charge in [-0.1, -0.05) is 36.4 Å². The summed E-state index contributed by atoms with van der Waals surface area (Å²) in [6.45, 7) is 3.97. The minimum absolute atomic E-state index is 0.0917. The van der Waals surface area contributed by atoms with Crippen LogP contribution in [0.2, 0.25) is 0 Å². The number of ether oxygens (including phenoxy) is 1. The van der Waals surface area contributed by atoms with Crippen LogP contribution in [0.3, 0.4) is 0 Å². The molecule has 0 aliphatic carbocycles. The van der Waals surface area contributed by atoms with E-state index in [0.29, 0.717) is 5.57 Å². The molecule has 0 spiro atoms. The molecule has 0 saturated carbocycles. The largest absolute Gasteiger partial charge is 0.488 e. The second-order valence-corrected chi connectivity index (χ2v) is 5.99. The topological polar surface area (TPSA) is 67.4 Å². The van der Waals surface area contributed by atoms with Gasteiger partial charge in [-0.25, -0.2) is 0 Å². The number of carbonyl (C=O) groups is 2. The van der Waals surface area contributed by atoms with Crippen LogP contribution in [0.5, 0.6) is 5.75 Å². The van der Waals surface area contributed by atoms with Crippen molar-refractivity contribution in [1.29, 1.82) is 0 Å². The summed E-state index contributed by atoms with van der Waals surface area (Å²) in [5, 5.41) is 5.49. The number of para-hydroxylation sites is 2. The number of fused-ring (bicyclic) bond motifs is 1. The number of benzene rings is 2. The molecule has 0 saturated heterocycles. The van der Waals surface area contributed by atoms with E-state index in [0.717, 1.165) is 28.1 Å². The predicted molar refractivity (Wildman–Crippen MR) is 97.5 cm³/mol. The highest BCUT2D eigenvalue weighted by Gasteiger charge is 2.17. The fraction of sp³-hybridized carbons (Fsp3) is 0.200. The SMILES string of the molecule is Cc1cccc(C)c1NC(=O)CNC(=O)C1=Cc2ccccc2OC1. The number of amides is 2. The monoisotopic (exact) mass is 336 g/mol. The zero-order valence-corrected chi connectivity index (χ0v) is 14.3. The van der Waals surface area contributed by atoms with Gasteiger partial charge in [-0.05, 0) is 37.1 Å². The highest BCUT2D eigenvalue weighted by Crippen LogP contribution is 2.25. The molecule has 1 heterocycles. The van der Waals surface area contributed by atoms with Crippen molar-refractivity contribution in [2.24, 2.45) is 0 Å². The minimum Gasteiger partial charge on any atom is -0.488 e. The van der Waals surface area contributed by atoms with E-state index in [2.05, 4.69) is 10.6 Å². The van der Waals surface area contributed by atoms with Gasteiger partial charge in [0.1, 0.15) is 12.4 Å². The van der Waals surface area contributed by atoms with Crippen molar-refractivity contribution in [1.82, 2.24) is 5.32 Å². The predicted octanol–water partition coefficient (Wildman–Crippen LogP) is 2.83. The third-order valence-corrected chi connectivity index (χ3v) is 4.08. The molecule has 2 aromatic carbocycles. The molecular formula is C20H20N2O3. The van der Waals surface area contributed by atoms with E-state index in [9.17, 15) is 9.59 Å². The Balaban J connectivity index is 1.59. The molecule has 5 heteroatoms. The summed E-state index contributed by atoms with van der Waals surface area (Å²) in [7, 11) is 0. The molecule has 3 rings (SSSR count). The third-order valence-electron chi connectivity index (χ3n) is 4.08. The smallest absolute Gasteiger partial charge is 0.251 e. The Morgan fingerprint density at radius 1 is 1.04 bits per heavy atom. The first-order chi connectivity index (χ1) is 12.0. The lowest BCUT2D eigenvalue weighted by atomic mass is 10.1.